The third-order valence-corrected chi connectivity index (χ3v) is 4.40. The van der Waals surface area contributed by atoms with Crippen molar-refractivity contribution in [3.63, 3.8) is 0 Å². The van der Waals surface area contributed by atoms with Gasteiger partial charge >= 0.3 is 0 Å². The number of rotatable bonds is 4. The molecule has 1 aliphatic rings. The lowest BCUT2D eigenvalue weighted by Crippen LogP contribution is -2.29. The van der Waals surface area contributed by atoms with Gasteiger partial charge in [0, 0.05) is 22.0 Å². The molecule has 1 aromatic heterocycles. The molecule has 0 saturated heterocycles. The molecule has 0 spiro atoms. The zero-order valence-corrected chi connectivity index (χ0v) is 12.7. The first-order valence-electron chi connectivity index (χ1n) is 7.48. The predicted molar refractivity (Wildman–Crippen MR) is 81.5 cm³/mol. The maximum absolute atomic E-state index is 14.0. The summed E-state index contributed by atoms with van der Waals surface area (Å²) in [4.78, 5) is 15.2. The van der Waals surface area contributed by atoms with E-state index in [-0.39, 0.29) is 23.1 Å². The van der Waals surface area contributed by atoms with Gasteiger partial charge in [0.15, 0.2) is 0 Å². The van der Waals surface area contributed by atoms with E-state index in [2.05, 4.69) is 10.3 Å². The van der Waals surface area contributed by atoms with Crippen molar-refractivity contribution in [2.24, 2.45) is 5.41 Å². The lowest BCUT2D eigenvalue weighted by molar-refractivity contribution is -0.125. The van der Waals surface area contributed by atoms with E-state index in [1.807, 2.05) is 32.9 Å². The number of halogens is 1. The summed E-state index contributed by atoms with van der Waals surface area (Å²) in [7, 11) is 0. The van der Waals surface area contributed by atoms with Crippen LogP contribution in [0.1, 0.15) is 50.8 Å². The van der Waals surface area contributed by atoms with Crippen LogP contribution < -0.4 is 5.32 Å². The number of benzene rings is 1. The summed E-state index contributed by atoms with van der Waals surface area (Å²) < 4.78 is 14.0. The Balaban J connectivity index is 1.79. The highest BCUT2D eigenvalue weighted by Crippen LogP contribution is 2.45. The molecule has 21 heavy (non-hydrogen) atoms. The van der Waals surface area contributed by atoms with Crippen LogP contribution in [0.3, 0.4) is 0 Å². The second-order valence-corrected chi connectivity index (χ2v) is 6.65. The third kappa shape index (κ3) is 2.67. The number of H-pyrrole nitrogens is 1. The van der Waals surface area contributed by atoms with Crippen molar-refractivity contribution in [1.82, 2.24) is 10.3 Å². The minimum Gasteiger partial charge on any atom is -0.357 e. The van der Waals surface area contributed by atoms with Crippen LogP contribution in [0.5, 0.6) is 0 Å². The second kappa shape index (κ2) is 4.86. The first-order valence-corrected chi connectivity index (χ1v) is 7.48. The minimum atomic E-state index is -0.169. The SMILES string of the molecule is CC(C)c1cc2[nH]c(CNC(=O)C3(C)CC3)cc2cc1F. The van der Waals surface area contributed by atoms with Gasteiger partial charge in [-0.2, -0.15) is 0 Å². The summed E-state index contributed by atoms with van der Waals surface area (Å²) >= 11 is 0. The maximum Gasteiger partial charge on any atom is 0.226 e. The smallest absolute Gasteiger partial charge is 0.226 e. The van der Waals surface area contributed by atoms with Crippen LogP contribution in [0.25, 0.3) is 10.9 Å². The average molecular weight is 288 g/mol. The molecule has 3 rings (SSSR count). The van der Waals surface area contributed by atoms with Gasteiger partial charge in [-0.1, -0.05) is 20.8 Å². The highest BCUT2D eigenvalue weighted by molar-refractivity contribution is 5.85. The van der Waals surface area contributed by atoms with Gasteiger partial charge in [-0.3, -0.25) is 4.79 Å². The van der Waals surface area contributed by atoms with Crippen LogP contribution in [0.2, 0.25) is 0 Å². The number of amides is 1. The lowest BCUT2D eigenvalue weighted by Gasteiger charge is -2.08. The molecule has 2 N–H and O–H groups in total. The zero-order chi connectivity index (χ0) is 15.2. The molecule has 0 bridgehead atoms. The van der Waals surface area contributed by atoms with Gasteiger partial charge in [0.05, 0.1) is 6.54 Å². The van der Waals surface area contributed by atoms with Crippen molar-refractivity contribution in [2.75, 3.05) is 0 Å². The van der Waals surface area contributed by atoms with Crippen LogP contribution in [0.4, 0.5) is 4.39 Å². The molecule has 1 aromatic carbocycles. The monoisotopic (exact) mass is 288 g/mol. The average Bonchev–Trinajstić information content (AvgIpc) is 3.05. The van der Waals surface area contributed by atoms with Gasteiger partial charge in [-0.25, -0.2) is 4.39 Å². The molecule has 112 valence electrons. The number of hydrogen-bond donors (Lipinski definition) is 2. The number of carbonyl (C=O) groups is 1. The van der Waals surface area contributed by atoms with E-state index >= 15 is 0 Å². The Morgan fingerprint density at radius 3 is 2.71 bits per heavy atom. The predicted octanol–water partition coefficient (Wildman–Crippen LogP) is 3.85. The first-order chi connectivity index (χ1) is 9.89. The van der Waals surface area contributed by atoms with E-state index in [0.29, 0.717) is 12.1 Å². The van der Waals surface area contributed by atoms with E-state index in [0.717, 1.165) is 29.4 Å². The van der Waals surface area contributed by atoms with Crippen LogP contribution in [-0.2, 0) is 11.3 Å². The molecule has 0 aliphatic heterocycles. The summed E-state index contributed by atoms with van der Waals surface area (Å²) in [5.41, 5.74) is 2.37. The molecule has 1 amide bonds. The molecule has 2 aromatic rings. The molecule has 1 aliphatic carbocycles. The Hall–Kier alpha value is -1.84. The summed E-state index contributed by atoms with van der Waals surface area (Å²) in [5, 5.41) is 3.80. The molecule has 1 fully saturated rings. The van der Waals surface area contributed by atoms with Gasteiger partial charge in [-0.05, 0) is 42.5 Å². The summed E-state index contributed by atoms with van der Waals surface area (Å²) in [6.07, 6.45) is 1.93. The van der Waals surface area contributed by atoms with Gasteiger partial charge in [0.25, 0.3) is 0 Å². The van der Waals surface area contributed by atoms with E-state index in [1.165, 1.54) is 0 Å². The quantitative estimate of drug-likeness (QED) is 0.882. The van der Waals surface area contributed by atoms with Gasteiger partial charge < -0.3 is 10.3 Å². The van der Waals surface area contributed by atoms with E-state index in [4.69, 9.17) is 0 Å². The number of hydrogen-bond acceptors (Lipinski definition) is 1. The zero-order valence-electron chi connectivity index (χ0n) is 12.7. The Bertz CT molecular complexity index is 698. The fourth-order valence-corrected chi connectivity index (χ4v) is 2.57. The minimum absolute atomic E-state index is 0.107. The molecule has 1 heterocycles. The topological polar surface area (TPSA) is 44.9 Å². The Morgan fingerprint density at radius 2 is 2.10 bits per heavy atom. The van der Waals surface area contributed by atoms with Crippen molar-refractivity contribution < 1.29 is 9.18 Å². The van der Waals surface area contributed by atoms with Gasteiger partial charge in [-0.15, -0.1) is 0 Å². The van der Waals surface area contributed by atoms with Crippen molar-refractivity contribution >= 4 is 16.8 Å². The summed E-state index contributed by atoms with van der Waals surface area (Å²) in [5.74, 6) is 0.0865. The maximum atomic E-state index is 14.0. The van der Waals surface area contributed by atoms with Crippen molar-refractivity contribution in [3.8, 4) is 0 Å². The van der Waals surface area contributed by atoms with Crippen LogP contribution in [0, 0.1) is 11.2 Å². The number of aromatic nitrogens is 1. The number of aromatic amines is 1. The molecule has 0 radical (unpaired) electrons. The Labute approximate surface area is 123 Å². The van der Waals surface area contributed by atoms with E-state index in [9.17, 15) is 9.18 Å². The number of nitrogens with one attached hydrogen (secondary N) is 2. The number of carbonyl (C=O) groups excluding carboxylic acids is 1. The first kappa shape index (κ1) is 14.1. The molecule has 0 atom stereocenters. The second-order valence-electron chi connectivity index (χ2n) is 6.65. The van der Waals surface area contributed by atoms with Gasteiger partial charge in [0.1, 0.15) is 5.82 Å². The van der Waals surface area contributed by atoms with E-state index in [1.54, 1.807) is 6.07 Å². The van der Waals surface area contributed by atoms with Gasteiger partial charge in [0.2, 0.25) is 5.91 Å². The molecule has 4 heteroatoms. The molecule has 1 saturated carbocycles. The fourth-order valence-electron chi connectivity index (χ4n) is 2.57. The molecular formula is C17H21FN2O. The Morgan fingerprint density at radius 1 is 1.38 bits per heavy atom. The Kier molecular flexibility index (Phi) is 3.27. The normalized spacial score (nSPS) is 16.4. The third-order valence-electron chi connectivity index (χ3n) is 4.40. The van der Waals surface area contributed by atoms with Crippen molar-refractivity contribution in [2.45, 2.75) is 46.1 Å². The largest absolute Gasteiger partial charge is 0.357 e. The van der Waals surface area contributed by atoms with Crippen LogP contribution in [0.15, 0.2) is 18.2 Å². The molecular weight excluding hydrogens is 267 g/mol. The number of fused-ring (bicyclic) bond motifs is 1. The summed E-state index contributed by atoms with van der Waals surface area (Å²) in [6.45, 7) is 6.40. The van der Waals surface area contributed by atoms with E-state index < -0.39 is 0 Å². The summed E-state index contributed by atoms with van der Waals surface area (Å²) in [6, 6.07) is 5.33. The highest BCUT2D eigenvalue weighted by atomic mass is 19.1. The molecule has 0 unspecified atom stereocenters. The standard InChI is InChI=1S/C17H21FN2O/c1-10(2)13-8-15-11(7-14(13)18)6-12(20-15)9-19-16(21)17(3)4-5-17/h6-8,10,20H,4-5,9H2,1-3H3,(H,19,21). The van der Waals surface area contributed by atoms with Crippen molar-refractivity contribution in [1.29, 1.82) is 0 Å². The van der Waals surface area contributed by atoms with Crippen LogP contribution in [-0.4, -0.2) is 10.9 Å². The highest BCUT2D eigenvalue weighted by Gasteiger charge is 2.44. The van der Waals surface area contributed by atoms with Crippen molar-refractivity contribution in [3.05, 3.63) is 35.3 Å². The fraction of sp³-hybridized carbons (Fsp3) is 0.471. The lowest BCUT2D eigenvalue weighted by atomic mass is 10.0. The van der Waals surface area contributed by atoms with Crippen LogP contribution >= 0.6 is 0 Å². The molecule has 3 nitrogen and oxygen atoms in total.